The van der Waals surface area contributed by atoms with Gasteiger partial charge in [-0.3, -0.25) is 0 Å². The Bertz CT molecular complexity index is 390. The Morgan fingerprint density at radius 2 is 1.75 bits per heavy atom. The fourth-order valence-electron chi connectivity index (χ4n) is 1.09. The number of benzene rings is 1. The summed E-state index contributed by atoms with van der Waals surface area (Å²) >= 11 is 8.09. The summed E-state index contributed by atoms with van der Waals surface area (Å²) in [4.78, 5) is 0. The third kappa shape index (κ3) is 3.59. The summed E-state index contributed by atoms with van der Waals surface area (Å²) < 4.78 is 62.0. The highest BCUT2D eigenvalue weighted by Gasteiger charge is 2.33. The zero-order valence-corrected chi connectivity index (χ0v) is 9.93. The molecular formula is C9H5BrClF5. The first-order valence-corrected chi connectivity index (χ1v) is 5.29. The zero-order chi connectivity index (χ0) is 12.5. The SMILES string of the molecule is Fc1cc(C(Cl)CC(F)(F)F)c(F)cc1Br. The standard InChI is InChI=1S/C9H5BrClF5/c10-5-2-7(12)4(1-8(5)13)6(11)3-9(14,15)16/h1-2,6H,3H2. The highest BCUT2D eigenvalue weighted by Crippen LogP contribution is 2.36. The molecule has 0 fully saturated rings. The van der Waals surface area contributed by atoms with Crippen molar-refractivity contribution in [2.24, 2.45) is 0 Å². The van der Waals surface area contributed by atoms with Crippen LogP contribution in [-0.2, 0) is 0 Å². The van der Waals surface area contributed by atoms with Crippen molar-refractivity contribution in [3.8, 4) is 0 Å². The van der Waals surface area contributed by atoms with E-state index in [1.165, 1.54) is 0 Å². The van der Waals surface area contributed by atoms with Gasteiger partial charge in [0.1, 0.15) is 11.6 Å². The van der Waals surface area contributed by atoms with Crippen molar-refractivity contribution in [3.05, 3.63) is 33.8 Å². The summed E-state index contributed by atoms with van der Waals surface area (Å²) in [5.74, 6) is -1.83. The topological polar surface area (TPSA) is 0 Å². The predicted molar refractivity (Wildman–Crippen MR) is 53.3 cm³/mol. The van der Waals surface area contributed by atoms with Gasteiger partial charge in [0.05, 0.1) is 16.3 Å². The van der Waals surface area contributed by atoms with Crippen LogP contribution in [0.5, 0.6) is 0 Å². The first kappa shape index (κ1) is 13.7. The van der Waals surface area contributed by atoms with Crippen LogP contribution in [0.4, 0.5) is 22.0 Å². The summed E-state index contributed by atoms with van der Waals surface area (Å²) in [6.07, 6.45) is -5.94. The second-order valence-corrected chi connectivity index (χ2v) is 4.46. The van der Waals surface area contributed by atoms with Crippen LogP contribution in [0.25, 0.3) is 0 Å². The van der Waals surface area contributed by atoms with Crippen LogP contribution in [0.15, 0.2) is 16.6 Å². The van der Waals surface area contributed by atoms with Crippen molar-refractivity contribution in [3.63, 3.8) is 0 Å². The second-order valence-electron chi connectivity index (χ2n) is 3.07. The van der Waals surface area contributed by atoms with Crippen LogP contribution in [0.3, 0.4) is 0 Å². The quantitative estimate of drug-likeness (QED) is 0.410. The van der Waals surface area contributed by atoms with E-state index >= 15 is 0 Å². The van der Waals surface area contributed by atoms with Crippen molar-refractivity contribution in [1.29, 1.82) is 0 Å². The Kier molecular flexibility index (Phi) is 4.17. The Morgan fingerprint density at radius 3 is 2.25 bits per heavy atom. The van der Waals surface area contributed by atoms with E-state index in [0.29, 0.717) is 6.07 Å². The third-order valence-electron chi connectivity index (χ3n) is 1.79. The number of alkyl halides is 4. The summed E-state index contributed by atoms with van der Waals surface area (Å²) in [5.41, 5.74) is -0.500. The number of hydrogen-bond donors (Lipinski definition) is 0. The van der Waals surface area contributed by atoms with Gasteiger partial charge in [0.25, 0.3) is 0 Å². The van der Waals surface area contributed by atoms with Gasteiger partial charge in [-0.05, 0) is 28.1 Å². The average molecular weight is 323 g/mol. The molecule has 90 valence electrons. The molecule has 0 N–H and O–H groups in total. The van der Waals surface area contributed by atoms with E-state index in [1.807, 2.05) is 0 Å². The minimum atomic E-state index is -4.53. The van der Waals surface area contributed by atoms with E-state index < -0.39 is 35.2 Å². The van der Waals surface area contributed by atoms with Gasteiger partial charge in [-0.15, -0.1) is 11.6 Å². The highest BCUT2D eigenvalue weighted by molar-refractivity contribution is 9.10. The molecule has 1 atom stereocenters. The fraction of sp³-hybridized carbons (Fsp3) is 0.333. The average Bonchev–Trinajstić information content (AvgIpc) is 2.08. The molecular weight excluding hydrogens is 318 g/mol. The monoisotopic (exact) mass is 322 g/mol. The van der Waals surface area contributed by atoms with Crippen LogP contribution in [0.1, 0.15) is 17.4 Å². The maximum atomic E-state index is 13.2. The summed E-state index contributed by atoms with van der Waals surface area (Å²) in [6.45, 7) is 0. The molecule has 0 aliphatic rings. The lowest BCUT2D eigenvalue weighted by molar-refractivity contribution is -0.134. The van der Waals surface area contributed by atoms with E-state index in [-0.39, 0.29) is 4.47 Å². The number of hydrogen-bond acceptors (Lipinski definition) is 0. The predicted octanol–water partition coefficient (Wildman–Crippen LogP) is 4.96. The second kappa shape index (κ2) is 4.87. The summed E-state index contributed by atoms with van der Waals surface area (Å²) in [5, 5.41) is -1.64. The smallest absolute Gasteiger partial charge is 0.207 e. The molecule has 0 aliphatic carbocycles. The third-order valence-corrected chi connectivity index (χ3v) is 2.78. The Morgan fingerprint density at radius 1 is 1.19 bits per heavy atom. The van der Waals surface area contributed by atoms with Crippen molar-refractivity contribution < 1.29 is 22.0 Å². The van der Waals surface area contributed by atoms with Gasteiger partial charge in [-0.1, -0.05) is 0 Å². The molecule has 7 heteroatoms. The van der Waals surface area contributed by atoms with Crippen molar-refractivity contribution in [2.45, 2.75) is 18.0 Å². The lowest BCUT2D eigenvalue weighted by Gasteiger charge is -2.13. The van der Waals surface area contributed by atoms with Gasteiger partial charge in [0.2, 0.25) is 0 Å². The molecule has 0 radical (unpaired) electrons. The molecule has 1 aromatic carbocycles. The summed E-state index contributed by atoms with van der Waals surface area (Å²) in [6, 6.07) is 1.40. The van der Waals surface area contributed by atoms with Crippen LogP contribution < -0.4 is 0 Å². The highest BCUT2D eigenvalue weighted by atomic mass is 79.9. The molecule has 0 amide bonds. The number of rotatable bonds is 2. The lowest BCUT2D eigenvalue weighted by Crippen LogP contribution is -2.11. The first-order valence-electron chi connectivity index (χ1n) is 4.06. The van der Waals surface area contributed by atoms with Crippen molar-refractivity contribution >= 4 is 27.5 Å². The van der Waals surface area contributed by atoms with E-state index in [9.17, 15) is 22.0 Å². The molecule has 0 spiro atoms. The molecule has 0 aromatic heterocycles. The number of halogens is 7. The molecule has 0 saturated carbocycles. The molecule has 16 heavy (non-hydrogen) atoms. The molecule has 0 heterocycles. The van der Waals surface area contributed by atoms with E-state index in [0.717, 1.165) is 6.07 Å². The van der Waals surface area contributed by atoms with Crippen molar-refractivity contribution in [2.75, 3.05) is 0 Å². The van der Waals surface area contributed by atoms with Gasteiger partial charge in [0, 0.05) is 5.56 Å². The van der Waals surface area contributed by atoms with Gasteiger partial charge >= 0.3 is 6.18 Å². The normalized spacial score (nSPS) is 13.9. The van der Waals surface area contributed by atoms with E-state index in [2.05, 4.69) is 15.9 Å². The molecule has 0 saturated heterocycles. The summed E-state index contributed by atoms with van der Waals surface area (Å²) in [7, 11) is 0. The Balaban J connectivity index is 3.00. The van der Waals surface area contributed by atoms with E-state index in [4.69, 9.17) is 11.6 Å². The van der Waals surface area contributed by atoms with E-state index in [1.54, 1.807) is 0 Å². The molecule has 0 nitrogen and oxygen atoms in total. The molecule has 0 aliphatic heterocycles. The van der Waals surface area contributed by atoms with Crippen LogP contribution >= 0.6 is 27.5 Å². The zero-order valence-electron chi connectivity index (χ0n) is 7.58. The maximum Gasteiger partial charge on any atom is 0.390 e. The maximum absolute atomic E-state index is 13.2. The molecule has 0 bridgehead atoms. The largest absolute Gasteiger partial charge is 0.390 e. The molecule has 1 rings (SSSR count). The minimum absolute atomic E-state index is 0.162. The fourth-order valence-corrected chi connectivity index (χ4v) is 1.75. The lowest BCUT2D eigenvalue weighted by atomic mass is 10.1. The first-order chi connectivity index (χ1) is 7.20. The van der Waals surface area contributed by atoms with Gasteiger partial charge in [-0.25, -0.2) is 8.78 Å². The Labute approximate surface area is 102 Å². The van der Waals surface area contributed by atoms with Gasteiger partial charge in [-0.2, -0.15) is 13.2 Å². The van der Waals surface area contributed by atoms with Gasteiger partial charge < -0.3 is 0 Å². The van der Waals surface area contributed by atoms with Crippen LogP contribution in [0, 0.1) is 11.6 Å². The minimum Gasteiger partial charge on any atom is -0.207 e. The molecule has 1 aromatic rings. The molecule has 1 unspecified atom stereocenters. The Hall–Kier alpha value is -0.360. The van der Waals surface area contributed by atoms with Crippen molar-refractivity contribution in [1.82, 2.24) is 0 Å². The van der Waals surface area contributed by atoms with Crippen LogP contribution in [-0.4, -0.2) is 6.18 Å². The van der Waals surface area contributed by atoms with Crippen LogP contribution in [0.2, 0.25) is 0 Å². The van der Waals surface area contributed by atoms with Gasteiger partial charge in [0.15, 0.2) is 0 Å².